The fourth-order valence-corrected chi connectivity index (χ4v) is 1.73. The molecule has 0 aliphatic carbocycles. The van der Waals surface area contributed by atoms with E-state index in [0.717, 1.165) is 0 Å². The Morgan fingerprint density at radius 3 is 2.16 bits per heavy atom. The summed E-state index contributed by atoms with van der Waals surface area (Å²) in [5.74, 6) is 0.121. The van der Waals surface area contributed by atoms with E-state index in [1.807, 2.05) is 27.7 Å². The molecule has 2 atom stereocenters. The number of hydrogen-bond donors (Lipinski definition) is 2. The number of rotatable bonds is 7. The van der Waals surface area contributed by atoms with E-state index in [-0.39, 0.29) is 18.4 Å². The summed E-state index contributed by atoms with van der Waals surface area (Å²) in [4.78, 5) is 25.9. The molecular weight excluding hydrogens is 242 g/mol. The average molecular weight is 271 g/mol. The largest absolute Gasteiger partial charge is 0.347 e. The van der Waals surface area contributed by atoms with Gasteiger partial charge in [-0.15, -0.1) is 0 Å². The second-order valence-electron chi connectivity index (χ2n) is 6.01. The Balaban J connectivity index is 4.92. The molecule has 5 nitrogen and oxygen atoms in total. The topological polar surface area (TPSA) is 75.4 Å². The Morgan fingerprint density at radius 1 is 1.32 bits per heavy atom. The van der Waals surface area contributed by atoms with Gasteiger partial charge in [0.25, 0.3) is 0 Å². The van der Waals surface area contributed by atoms with Crippen LogP contribution in [0.2, 0.25) is 0 Å². The molecular formula is C14H29N3O2. The summed E-state index contributed by atoms with van der Waals surface area (Å²) < 4.78 is 0. The van der Waals surface area contributed by atoms with Gasteiger partial charge in [-0.05, 0) is 25.7 Å². The van der Waals surface area contributed by atoms with Gasteiger partial charge in [0.1, 0.15) is 6.04 Å². The lowest BCUT2D eigenvalue weighted by atomic mass is 9.86. The molecule has 2 amide bonds. The Bertz CT molecular complexity index is 310. The SMILES string of the molecule is CCC(C)(CN)C(=O)NC(CC(C)C)C(=O)N(C)C. The molecule has 0 spiro atoms. The van der Waals surface area contributed by atoms with Gasteiger partial charge in [-0.25, -0.2) is 0 Å². The van der Waals surface area contributed by atoms with E-state index in [4.69, 9.17) is 5.73 Å². The van der Waals surface area contributed by atoms with Gasteiger partial charge in [0.2, 0.25) is 11.8 Å². The molecule has 0 aliphatic heterocycles. The molecule has 0 saturated heterocycles. The average Bonchev–Trinajstić information content (AvgIpc) is 2.35. The molecule has 112 valence electrons. The van der Waals surface area contributed by atoms with Gasteiger partial charge in [-0.1, -0.05) is 20.8 Å². The van der Waals surface area contributed by atoms with E-state index in [1.165, 1.54) is 4.90 Å². The molecule has 0 radical (unpaired) electrons. The number of nitrogens with one attached hydrogen (secondary N) is 1. The lowest BCUT2D eigenvalue weighted by Crippen LogP contribution is -2.52. The lowest BCUT2D eigenvalue weighted by molar-refractivity contribution is -0.138. The molecule has 0 aromatic heterocycles. The molecule has 0 heterocycles. The van der Waals surface area contributed by atoms with Gasteiger partial charge in [-0.2, -0.15) is 0 Å². The van der Waals surface area contributed by atoms with Crippen LogP contribution in [0.4, 0.5) is 0 Å². The maximum absolute atomic E-state index is 12.3. The number of nitrogens with zero attached hydrogens (tertiary/aromatic N) is 1. The van der Waals surface area contributed by atoms with E-state index in [0.29, 0.717) is 18.8 Å². The fraction of sp³-hybridized carbons (Fsp3) is 0.857. The number of hydrogen-bond acceptors (Lipinski definition) is 3. The van der Waals surface area contributed by atoms with Gasteiger partial charge < -0.3 is 16.0 Å². The third-order valence-electron chi connectivity index (χ3n) is 3.53. The third kappa shape index (κ3) is 5.19. The quantitative estimate of drug-likeness (QED) is 0.725. The molecule has 2 unspecified atom stereocenters. The van der Waals surface area contributed by atoms with Crippen molar-refractivity contribution in [2.45, 2.75) is 46.6 Å². The normalized spacial score (nSPS) is 15.8. The van der Waals surface area contributed by atoms with Crippen molar-refractivity contribution in [3.05, 3.63) is 0 Å². The minimum Gasteiger partial charge on any atom is -0.347 e. The Morgan fingerprint density at radius 2 is 1.84 bits per heavy atom. The van der Waals surface area contributed by atoms with E-state index in [1.54, 1.807) is 14.1 Å². The first-order valence-electron chi connectivity index (χ1n) is 6.90. The highest BCUT2D eigenvalue weighted by atomic mass is 16.2. The summed E-state index contributed by atoms with van der Waals surface area (Å²) >= 11 is 0. The van der Waals surface area contributed by atoms with Crippen LogP contribution in [0.15, 0.2) is 0 Å². The highest BCUT2D eigenvalue weighted by Gasteiger charge is 2.33. The smallest absolute Gasteiger partial charge is 0.244 e. The summed E-state index contributed by atoms with van der Waals surface area (Å²) in [6.07, 6.45) is 1.28. The predicted octanol–water partition coefficient (Wildman–Crippen LogP) is 0.981. The van der Waals surface area contributed by atoms with Gasteiger partial charge >= 0.3 is 0 Å². The summed E-state index contributed by atoms with van der Waals surface area (Å²) in [5, 5.41) is 2.86. The number of nitrogens with two attached hydrogens (primary N) is 1. The second kappa shape index (κ2) is 7.48. The van der Waals surface area contributed by atoms with Crippen LogP contribution in [-0.2, 0) is 9.59 Å². The zero-order valence-corrected chi connectivity index (χ0v) is 13.1. The maximum Gasteiger partial charge on any atom is 0.244 e. The first-order chi connectivity index (χ1) is 8.67. The van der Waals surface area contributed by atoms with E-state index in [9.17, 15) is 9.59 Å². The summed E-state index contributed by atoms with van der Waals surface area (Å²) in [6, 6.07) is -0.472. The third-order valence-corrected chi connectivity index (χ3v) is 3.53. The van der Waals surface area contributed by atoms with Crippen molar-refractivity contribution in [3.63, 3.8) is 0 Å². The Labute approximate surface area is 116 Å². The summed E-state index contributed by atoms with van der Waals surface area (Å²) in [7, 11) is 3.40. The Hall–Kier alpha value is -1.10. The van der Waals surface area contributed by atoms with Crippen LogP contribution in [0.5, 0.6) is 0 Å². The fourth-order valence-electron chi connectivity index (χ4n) is 1.73. The van der Waals surface area contributed by atoms with Crippen molar-refractivity contribution in [2.24, 2.45) is 17.1 Å². The van der Waals surface area contributed by atoms with Gasteiger partial charge in [-0.3, -0.25) is 9.59 Å². The Kier molecular flexibility index (Phi) is 7.05. The molecule has 5 heteroatoms. The predicted molar refractivity (Wildman–Crippen MR) is 77.5 cm³/mol. The van der Waals surface area contributed by atoms with Crippen LogP contribution in [0, 0.1) is 11.3 Å². The molecule has 3 N–H and O–H groups in total. The van der Waals surface area contributed by atoms with Gasteiger partial charge in [0.15, 0.2) is 0 Å². The molecule has 0 aromatic rings. The zero-order valence-electron chi connectivity index (χ0n) is 13.1. The van der Waals surface area contributed by atoms with Crippen LogP contribution in [-0.4, -0.2) is 43.4 Å². The highest BCUT2D eigenvalue weighted by molar-refractivity contribution is 5.89. The standard InChI is InChI=1S/C14H29N3O2/c1-7-14(4,9-15)13(19)16-11(8-10(2)3)12(18)17(5)6/h10-11H,7-9,15H2,1-6H3,(H,16,19). The molecule has 0 aromatic carbocycles. The minimum absolute atomic E-state index is 0.0717. The lowest BCUT2D eigenvalue weighted by Gasteiger charge is -2.30. The second-order valence-corrected chi connectivity index (χ2v) is 6.01. The molecule has 0 aliphatic rings. The van der Waals surface area contributed by atoms with Crippen LogP contribution in [0.3, 0.4) is 0 Å². The van der Waals surface area contributed by atoms with E-state index >= 15 is 0 Å². The van der Waals surface area contributed by atoms with Crippen molar-refractivity contribution >= 4 is 11.8 Å². The molecule has 0 bridgehead atoms. The molecule has 19 heavy (non-hydrogen) atoms. The summed E-state index contributed by atoms with van der Waals surface area (Å²) in [5.41, 5.74) is 5.07. The van der Waals surface area contributed by atoms with Crippen LogP contribution in [0.1, 0.15) is 40.5 Å². The van der Waals surface area contributed by atoms with Gasteiger partial charge in [0.05, 0.1) is 5.41 Å². The van der Waals surface area contributed by atoms with E-state index < -0.39 is 11.5 Å². The van der Waals surface area contributed by atoms with Crippen molar-refractivity contribution in [1.29, 1.82) is 0 Å². The monoisotopic (exact) mass is 271 g/mol. The summed E-state index contributed by atoms with van der Waals surface area (Å²) in [6.45, 7) is 8.10. The van der Waals surface area contributed by atoms with Crippen LogP contribution >= 0.6 is 0 Å². The number of likely N-dealkylation sites (N-methyl/N-ethyl adjacent to an activating group) is 1. The first-order valence-corrected chi connectivity index (χ1v) is 6.90. The number of amides is 2. The first kappa shape index (κ1) is 17.9. The van der Waals surface area contributed by atoms with Crippen molar-refractivity contribution in [2.75, 3.05) is 20.6 Å². The maximum atomic E-state index is 12.3. The zero-order chi connectivity index (χ0) is 15.2. The van der Waals surface area contributed by atoms with E-state index in [2.05, 4.69) is 5.32 Å². The van der Waals surface area contributed by atoms with Crippen molar-refractivity contribution < 1.29 is 9.59 Å². The van der Waals surface area contributed by atoms with Crippen LogP contribution in [0.25, 0.3) is 0 Å². The van der Waals surface area contributed by atoms with Gasteiger partial charge in [0, 0.05) is 20.6 Å². The molecule has 0 rings (SSSR count). The number of carbonyl (C=O) groups excluding carboxylic acids is 2. The van der Waals surface area contributed by atoms with Crippen molar-refractivity contribution in [1.82, 2.24) is 10.2 Å². The number of carbonyl (C=O) groups is 2. The van der Waals surface area contributed by atoms with Crippen LogP contribution < -0.4 is 11.1 Å². The van der Waals surface area contributed by atoms with Crippen molar-refractivity contribution in [3.8, 4) is 0 Å². The molecule has 0 saturated carbocycles. The highest BCUT2D eigenvalue weighted by Crippen LogP contribution is 2.20. The minimum atomic E-state index is -0.609. The molecule has 0 fully saturated rings.